The van der Waals surface area contributed by atoms with Crippen molar-refractivity contribution in [2.45, 2.75) is 12.5 Å². The summed E-state index contributed by atoms with van der Waals surface area (Å²) in [4.78, 5) is 29.6. The van der Waals surface area contributed by atoms with Crippen LogP contribution in [0.15, 0.2) is 53.1 Å². The van der Waals surface area contributed by atoms with Crippen LogP contribution < -0.4 is 5.32 Å². The summed E-state index contributed by atoms with van der Waals surface area (Å²) in [7, 11) is -4.60. The van der Waals surface area contributed by atoms with Gasteiger partial charge in [0.05, 0.1) is 18.9 Å². The van der Waals surface area contributed by atoms with Crippen LogP contribution in [0.2, 0.25) is 0 Å². The summed E-state index contributed by atoms with van der Waals surface area (Å²) in [5.41, 5.74) is 0.904. The maximum Gasteiger partial charge on any atom is 0.469 e. The summed E-state index contributed by atoms with van der Waals surface area (Å²) in [6.45, 7) is -0.314. The van der Waals surface area contributed by atoms with Crippen molar-refractivity contribution in [2.75, 3.05) is 6.61 Å². The van der Waals surface area contributed by atoms with E-state index in [1.54, 1.807) is 6.07 Å². The van der Waals surface area contributed by atoms with Crippen LogP contribution in [0.1, 0.15) is 16.1 Å². The highest BCUT2D eigenvalue weighted by molar-refractivity contribution is 7.46. The third kappa shape index (κ3) is 5.46. The van der Waals surface area contributed by atoms with Gasteiger partial charge in [-0.05, 0) is 24.1 Å². The monoisotopic (exact) mass is 325 g/mol. The van der Waals surface area contributed by atoms with E-state index in [0.717, 1.165) is 5.56 Å². The van der Waals surface area contributed by atoms with Gasteiger partial charge in [-0.15, -0.1) is 0 Å². The van der Waals surface area contributed by atoms with E-state index in [-0.39, 0.29) is 12.4 Å². The van der Waals surface area contributed by atoms with Crippen LogP contribution >= 0.6 is 7.82 Å². The lowest BCUT2D eigenvalue weighted by molar-refractivity contribution is 0.0881. The summed E-state index contributed by atoms with van der Waals surface area (Å²) < 4.78 is 20.3. The van der Waals surface area contributed by atoms with Crippen LogP contribution in [0.25, 0.3) is 0 Å². The first-order valence-corrected chi connectivity index (χ1v) is 8.05. The third-order valence-corrected chi connectivity index (χ3v) is 3.33. The minimum Gasteiger partial charge on any atom is -0.459 e. The first kappa shape index (κ1) is 16.5. The largest absolute Gasteiger partial charge is 0.469 e. The fraction of sp³-hybridized carbons (Fsp3) is 0.214. The zero-order valence-electron chi connectivity index (χ0n) is 11.6. The second-order valence-electron chi connectivity index (χ2n) is 4.62. The van der Waals surface area contributed by atoms with Crippen molar-refractivity contribution in [2.24, 2.45) is 0 Å². The number of phosphoric acid groups is 1. The first-order chi connectivity index (χ1) is 10.4. The number of hydrogen-bond donors (Lipinski definition) is 3. The standard InChI is InChI=1S/C14H16NO6P/c16-14(13-7-4-8-20-13)15-12(10-21-22(17,18)19)9-11-5-2-1-3-6-11/h1-8,12H,9-10H2,(H,15,16)(H2,17,18,19). The molecule has 0 aliphatic carbocycles. The molecule has 118 valence electrons. The highest BCUT2D eigenvalue weighted by Gasteiger charge is 2.21. The van der Waals surface area contributed by atoms with Crippen molar-refractivity contribution in [1.29, 1.82) is 0 Å². The molecule has 0 bridgehead atoms. The van der Waals surface area contributed by atoms with Gasteiger partial charge in [0.1, 0.15) is 0 Å². The number of rotatable bonds is 7. The Morgan fingerprint density at radius 1 is 1.23 bits per heavy atom. The molecule has 22 heavy (non-hydrogen) atoms. The third-order valence-electron chi connectivity index (χ3n) is 2.85. The summed E-state index contributed by atoms with van der Waals surface area (Å²) >= 11 is 0. The molecule has 1 aromatic carbocycles. The topological polar surface area (TPSA) is 109 Å². The Bertz CT molecular complexity index is 637. The van der Waals surface area contributed by atoms with E-state index in [1.165, 1.54) is 12.3 Å². The van der Waals surface area contributed by atoms with Crippen LogP contribution in [0.5, 0.6) is 0 Å². The minimum absolute atomic E-state index is 0.120. The number of amides is 1. The van der Waals surface area contributed by atoms with Gasteiger partial charge >= 0.3 is 7.82 Å². The molecule has 0 fully saturated rings. The highest BCUT2D eigenvalue weighted by atomic mass is 31.2. The second-order valence-corrected chi connectivity index (χ2v) is 5.86. The fourth-order valence-electron chi connectivity index (χ4n) is 1.90. The minimum atomic E-state index is -4.60. The van der Waals surface area contributed by atoms with Gasteiger partial charge in [0.15, 0.2) is 5.76 Å². The lowest BCUT2D eigenvalue weighted by Crippen LogP contribution is -2.39. The molecule has 0 radical (unpaired) electrons. The molecule has 1 amide bonds. The van der Waals surface area contributed by atoms with E-state index in [1.807, 2.05) is 30.3 Å². The molecule has 2 aromatic rings. The van der Waals surface area contributed by atoms with E-state index < -0.39 is 19.8 Å². The Balaban J connectivity index is 2.03. The smallest absolute Gasteiger partial charge is 0.459 e. The SMILES string of the molecule is O=C(NC(COP(=O)(O)O)Cc1ccccc1)c1ccco1. The fourth-order valence-corrected chi connectivity index (χ4v) is 2.28. The molecule has 0 saturated heterocycles. The Morgan fingerprint density at radius 2 is 1.95 bits per heavy atom. The Morgan fingerprint density at radius 3 is 2.55 bits per heavy atom. The molecule has 2 rings (SSSR count). The molecule has 1 heterocycles. The maximum absolute atomic E-state index is 12.0. The number of hydrogen-bond acceptors (Lipinski definition) is 4. The summed E-state index contributed by atoms with van der Waals surface area (Å²) in [6, 6.07) is 11.7. The lowest BCUT2D eigenvalue weighted by Gasteiger charge is -2.18. The van der Waals surface area contributed by atoms with Gasteiger partial charge < -0.3 is 19.5 Å². The molecule has 8 heteroatoms. The zero-order chi connectivity index (χ0) is 16.0. The predicted octanol–water partition coefficient (Wildman–Crippen LogP) is 1.73. The van der Waals surface area contributed by atoms with Gasteiger partial charge in [0, 0.05) is 0 Å². The summed E-state index contributed by atoms with van der Waals surface area (Å²) in [5, 5.41) is 2.64. The molecule has 0 spiro atoms. The Labute approximate surface area is 127 Å². The van der Waals surface area contributed by atoms with Crippen LogP contribution in [-0.2, 0) is 15.5 Å². The summed E-state index contributed by atoms with van der Waals surface area (Å²) in [5.74, 6) is -0.352. The molecule has 0 saturated carbocycles. The van der Waals surface area contributed by atoms with Gasteiger partial charge in [-0.25, -0.2) is 4.57 Å². The number of benzene rings is 1. The van der Waals surface area contributed by atoms with Crippen molar-refractivity contribution in [3.8, 4) is 0 Å². The first-order valence-electron chi connectivity index (χ1n) is 6.52. The van der Waals surface area contributed by atoms with E-state index in [2.05, 4.69) is 9.84 Å². The second kappa shape index (κ2) is 7.38. The van der Waals surface area contributed by atoms with E-state index in [9.17, 15) is 9.36 Å². The molecular formula is C14H16NO6P. The van der Waals surface area contributed by atoms with Crippen molar-refractivity contribution in [3.05, 3.63) is 60.1 Å². The Hall–Kier alpha value is -1.92. The van der Waals surface area contributed by atoms with Crippen LogP contribution in [-0.4, -0.2) is 28.3 Å². The zero-order valence-corrected chi connectivity index (χ0v) is 12.5. The van der Waals surface area contributed by atoms with Gasteiger partial charge in [0.25, 0.3) is 5.91 Å². The van der Waals surface area contributed by atoms with Gasteiger partial charge in [-0.2, -0.15) is 0 Å². The molecule has 3 N–H and O–H groups in total. The predicted molar refractivity (Wildman–Crippen MR) is 78.1 cm³/mol. The molecule has 0 aliphatic heterocycles. The number of nitrogens with one attached hydrogen (secondary N) is 1. The molecule has 7 nitrogen and oxygen atoms in total. The van der Waals surface area contributed by atoms with E-state index in [0.29, 0.717) is 6.42 Å². The average Bonchev–Trinajstić information content (AvgIpc) is 2.99. The van der Waals surface area contributed by atoms with Crippen LogP contribution in [0.3, 0.4) is 0 Å². The molecule has 1 atom stereocenters. The van der Waals surface area contributed by atoms with Crippen LogP contribution in [0, 0.1) is 0 Å². The number of furan rings is 1. The Kier molecular flexibility index (Phi) is 5.51. The van der Waals surface area contributed by atoms with Gasteiger partial charge in [0.2, 0.25) is 0 Å². The summed E-state index contributed by atoms with van der Waals surface area (Å²) in [6.07, 6.45) is 1.74. The van der Waals surface area contributed by atoms with Crippen molar-refractivity contribution >= 4 is 13.7 Å². The van der Waals surface area contributed by atoms with Crippen molar-refractivity contribution < 1.29 is 28.1 Å². The van der Waals surface area contributed by atoms with Crippen molar-refractivity contribution in [1.82, 2.24) is 5.32 Å². The number of phosphoric ester groups is 1. The van der Waals surface area contributed by atoms with Gasteiger partial charge in [-0.1, -0.05) is 30.3 Å². The average molecular weight is 325 g/mol. The number of carbonyl (C=O) groups is 1. The quantitative estimate of drug-likeness (QED) is 0.669. The molecule has 1 unspecified atom stereocenters. The highest BCUT2D eigenvalue weighted by Crippen LogP contribution is 2.35. The lowest BCUT2D eigenvalue weighted by atomic mass is 10.1. The van der Waals surface area contributed by atoms with E-state index >= 15 is 0 Å². The van der Waals surface area contributed by atoms with Crippen LogP contribution in [0.4, 0.5) is 0 Å². The van der Waals surface area contributed by atoms with Gasteiger partial charge in [-0.3, -0.25) is 9.32 Å². The van der Waals surface area contributed by atoms with E-state index in [4.69, 9.17) is 14.2 Å². The number of carbonyl (C=O) groups excluding carboxylic acids is 1. The normalized spacial score (nSPS) is 12.8. The molecule has 0 aliphatic rings. The van der Waals surface area contributed by atoms with Crippen molar-refractivity contribution in [3.63, 3.8) is 0 Å². The maximum atomic E-state index is 12.0. The molecular weight excluding hydrogens is 309 g/mol. The molecule has 1 aromatic heterocycles.